The van der Waals surface area contributed by atoms with Crippen LogP contribution >= 0.6 is 11.3 Å². The summed E-state index contributed by atoms with van der Waals surface area (Å²) in [5.74, 6) is -0.805. The van der Waals surface area contributed by atoms with Gasteiger partial charge >= 0.3 is 5.97 Å². The van der Waals surface area contributed by atoms with E-state index in [1.807, 2.05) is 25.1 Å². The van der Waals surface area contributed by atoms with Gasteiger partial charge in [-0.3, -0.25) is 4.79 Å². The van der Waals surface area contributed by atoms with Crippen LogP contribution in [-0.2, 0) is 24.1 Å². The SMILES string of the molecule is Cc1nc2sc3c(c2c(-c2ccccc2)c1CC(=O)O)CCCC3. The lowest BCUT2D eigenvalue weighted by atomic mass is 9.89. The molecule has 2 heterocycles. The van der Waals surface area contributed by atoms with E-state index in [1.165, 1.54) is 28.7 Å². The number of nitrogens with zero attached hydrogens (tertiary/aromatic N) is 1. The molecule has 4 rings (SSSR count). The second-order valence-electron chi connectivity index (χ2n) is 6.38. The highest BCUT2D eigenvalue weighted by Crippen LogP contribution is 2.43. The molecule has 0 fully saturated rings. The van der Waals surface area contributed by atoms with Crippen molar-refractivity contribution in [1.82, 2.24) is 4.98 Å². The Kier molecular flexibility index (Phi) is 3.85. The van der Waals surface area contributed by atoms with Gasteiger partial charge in [0.1, 0.15) is 4.83 Å². The van der Waals surface area contributed by atoms with Gasteiger partial charge in [-0.1, -0.05) is 30.3 Å². The summed E-state index contributed by atoms with van der Waals surface area (Å²) in [4.78, 5) is 18.7. The first kappa shape index (κ1) is 15.3. The van der Waals surface area contributed by atoms with Gasteiger partial charge in [0.15, 0.2) is 0 Å². The fourth-order valence-electron chi connectivity index (χ4n) is 3.73. The van der Waals surface area contributed by atoms with Gasteiger partial charge in [-0.2, -0.15) is 0 Å². The molecular weight excluding hydrogens is 318 g/mol. The number of benzene rings is 1. The van der Waals surface area contributed by atoms with Crippen LogP contribution in [0.25, 0.3) is 21.3 Å². The largest absolute Gasteiger partial charge is 0.481 e. The van der Waals surface area contributed by atoms with E-state index >= 15 is 0 Å². The second kappa shape index (κ2) is 6.02. The molecule has 0 bridgehead atoms. The number of carboxylic acids is 1. The maximum absolute atomic E-state index is 11.4. The van der Waals surface area contributed by atoms with E-state index < -0.39 is 5.97 Å². The molecule has 0 saturated carbocycles. The maximum atomic E-state index is 11.4. The molecule has 0 atom stereocenters. The number of thiophene rings is 1. The Balaban J connectivity index is 2.10. The molecule has 0 amide bonds. The van der Waals surface area contributed by atoms with Crippen molar-refractivity contribution in [2.75, 3.05) is 0 Å². The number of aryl methyl sites for hydroxylation is 3. The minimum Gasteiger partial charge on any atom is -0.481 e. The average molecular weight is 337 g/mol. The predicted octanol–water partition coefficient (Wildman–Crippen LogP) is 4.78. The van der Waals surface area contributed by atoms with Gasteiger partial charge in [0.2, 0.25) is 0 Å². The number of rotatable bonds is 3. The number of pyridine rings is 1. The highest BCUT2D eigenvalue weighted by Gasteiger charge is 2.24. The molecule has 1 aliphatic rings. The minimum absolute atomic E-state index is 0.0175. The lowest BCUT2D eigenvalue weighted by Crippen LogP contribution is -2.07. The minimum atomic E-state index is -0.805. The molecular formula is C20H19NO2S. The molecule has 24 heavy (non-hydrogen) atoms. The van der Waals surface area contributed by atoms with Crippen LogP contribution < -0.4 is 0 Å². The van der Waals surface area contributed by atoms with Gasteiger partial charge in [0.25, 0.3) is 0 Å². The van der Waals surface area contributed by atoms with Crippen LogP contribution in [0, 0.1) is 6.92 Å². The lowest BCUT2D eigenvalue weighted by Gasteiger charge is -2.16. The Hall–Kier alpha value is -2.20. The Bertz CT molecular complexity index is 928. The number of fused-ring (bicyclic) bond motifs is 3. The van der Waals surface area contributed by atoms with E-state index in [0.29, 0.717) is 0 Å². The Morgan fingerprint density at radius 1 is 1.21 bits per heavy atom. The number of hydrogen-bond donors (Lipinski definition) is 1. The molecule has 1 aliphatic carbocycles. The Labute approximate surface area is 145 Å². The van der Waals surface area contributed by atoms with Gasteiger partial charge in [0.05, 0.1) is 6.42 Å². The van der Waals surface area contributed by atoms with E-state index in [0.717, 1.165) is 40.1 Å². The molecule has 0 radical (unpaired) electrons. The monoisotopic (exact) mass is 337 g/mol. The van der Waals surface area contributed by atoms with Crippen molar-refractivity contribution in [3.8, 4) is 11.1 Å². The topological polar surface area (TPSA) is 50.2 Å². The number of carboxylic acid groups (broad SMARTS) is 1. The molecule has 0 saturated heterocycles. The fraction of sp³-hybridized carbons (Fsp3) is 0.300. The van der Waals surface area contributed by atoms with E-state index in [-0.39, 0.29) is 6.42 Å². The molecule has 3 aromatic rings. The summed E-state index contributed by atoms with van der Waals surface area (Å²) >= 11 is 1.79. The van der Waals surface area contributed by atoms with Gasteiger partial charge in [-0.15, -0.1) is 11.3 Å². The van der Waals surface area contributed by atoms with E-state index in [1.54, 1.807) is 11.3 Å². The fourth-order valence-corrected chi connectivity index (χ4v) is 5.05. The highest BCUT2D eigenvalue weighted by atomic mass is 32.1. The number of aromatic nitrogens is 1. The zero-order chi connectivity index (χ0) is 16.7. The van der Waals surface area contributed by atoms with Gasteiger partial charge in [-0.05, 0) is 54.9 Å². The summed E-state index contributed by atoms with van der Waals surface area (Å²) in [5.41, 5.74) is 5.27. The van der Waals surface area contributed by atoms with Gasteiger partial charge < -0.3 is 5.11 Å². The van der Waals surface area contributed by atoms with Crippen molar-refractivity contribution < 1.29 is 9.90 Å². The van der Waals surface area contributed by atoms with Crippen molar-refractivity contribution in [1.29, 1.82) is 0 Å². The van der Waals surface area contributed by atoms with Gasteiger partial charge in [0, 0.05) is 16.0 Å². The molecule has 4 heteroatoms. The van der Waals surface area contributed by atoms with Crippen LogP contribution in [-0.4, -0.2) is 16.1 Å². The van der Waals surface area contributed by atoms with E-state index in [2.05, 4.69) is 12.1 Å². The smallest absolute Gasteiger partial charge is 0.307 e. The van der Waals surface area contributed by atoms with Crippen LogP contribution in [0.2, 0.25) is 0 Å². The number of hydrogen-bond acceptors (Lipinski definition) is 3. The van der Waals surface area contributed by atoms with Crippen molar-refractivity contribution in [2.24, 2.45) is 0 Å². The summed E-state index contributed by atoms with van der Waals surface area (Å²) in [6.45, 7) is 1.93. The summed E-state index contributed by atoms with van der Waals surface area (Å²) in [7, 11) is 0. The first-order valence-corrected chi connectivity index (χ1v) is 9.17. The van der Waals surface area contributed by atoms with Crippen LogP contribution in [0.15, 0.2) is 30.3 Å². The number of carbonyl (C=O) groups is 1. The zero-order valence-electron chi connectivity index (χ0n) is 13.6. The quantitative estimate of drug-likeness (QED) is 0.748. The molecule has 3 nitrogen and oxygen atoms in total. The molecule has 0 spiro atoms. The van der Waals surface area contributed by atoms with Crippen molar-refractivity contribution in [2.45, 2.75) is 39.0 Å². The third kappa shape index (κ3) is 2.51. The summed E-state index contributed by atoms with van der Waals surface area (Å²) < 4.78 is 0. The summed E-state index contributed by atoms with van der Waals surface area (Å²) in [5, 5.41) is 10.6. The second-order valence-corrected chi connectivity index (χ2v) is 7.46. The first-order valence-electron chi connectivity index (χ1n) is 8.36. The molecule has 1 N–H and O–H groups in total. The summed E-state index contributed by atoms with van der Waals surface area (Å²) in [6, 6.07) is 10.2. The predicted molar refractivity (Wildman–Crippen MR) is 97.8 cm³/mol. The molecule has 0 unspecified atom stereocenters. The van der Waals surface area contributed by atoms with E-state index in [4.69, 9.17) is 4.98 Å². The van der Waals surface area contributed by atoms with E-state index in [9.17, 15) is 9.90 Å². The van der Waals surface area contributed by atoms with Crippen LogP contribution in [0.5, 0.6) is 0 Å². The summed E-state index contributed by atoms with van der Waals surface area (Å²) in [6.07, 6.45) is 4.66. The highest BCUT2D eigenvalue weighted by molar-refractivity contribution is 7.19. The molecule has 0 aliphatic heterocycles. The zero-order valence-corrected chi connectivity index (χ0v) is 14.4. The van der Waals surface area contributed by atoms with Crippen molar-refractivity contribution in [3.63, 3.8) is 0 Å². The molecule has 2 aromatic heterocycles. The normalized spacial score (nSPS) is 13.9. The van der Waals surface area contributed by atoms with Crippen LogP contribution in [0.4, 0.5) is 0 Å². The van der Waals surface area contributed by atoms with Crippen molar-refractivity contribution in [3.05, 3.63) is 52.0 Å². The average Bonchev–Trinajstić information content (AvgIpc) is 2.93. The van der Waals surface area contributed by atoms with Crippen LogP contribution in [0.3, 0.4) is 0 Å². The third-order valence-corrected chi connectivity index (χ3v) is 5.99. The van der Waals surface area contributed by atoms with Crippen LogP contribution in [0.1, 0.15) is 34.5 Å². The Morgan fingerprint density at radius 3 is 2.71 bits per heavy atom. The molecule has 122 valence electrons. The number of aliphatic carboxylic acids is 1. The standard InChI is InChI=1S/C20H19NO2S/c1-12-15(11-17(22)23)18(13-7-3-2-4-8-13)19-14-9-5-6-10-16(14)24-20(19)21-12/h2-4,7-8H,5-6,9-11H2,1H3,(H,22,23). The first-order chi connectivity index (χ1) is 11.6. The van der Waals surface area contributed by atoms with Gasteiger partial charge in [-0.25, -0.2) is 4.98 Å². The lowest BCUT2D eigenvalue weighted by molar-refractivity contribution is -0.136. The maximum Gasteiger partial charge on any atom is 0.307 e. The van der Waals surface area contributed by atoms with Crippen molar-refractivity contribution >= 4 is 27.5 Å². The Morgan fingerprint density at radius 2 is 1.96 bits per heavy atom. The third-order valence-electron chi connectivity index (χ3n) is 4.80. The molecule has 1 aromatic carbocycles.